The van der Waals surface area contributed by atoms with Gasteiger partial charge in [0.2, 0.25) is 11.8 Å². The molecule has 3 aromatic carbocycles. The Morgan fingerprint density at radius 1 is 0.842 bits per heavy atom. The lowest BCUT2D eigenvalue weighted by atomic mass is 10.1. The number of amides is 2. The summed E-state index contributed by atoms with van der Waals surface area (Å²) in [7, 11) is 0. The highest BCUT2D eigenvalue weighted by molar-refractivity contribution is 7.99. The van der Waals surface area contributed by atoms with Crippen LogP contribution in [0.15, 0.2) is 82.4 Å². The third-order valence-electron chi connectivity index (χ3n) is 6.41. The van der Waals surface area contributed by atoms with E-state index < -0.39 is 0 Å². The van der Waals surface area contributed by atoms with Crippen molar-refractivity contribution in [2.45, 2.75) is 19.1 Å². The van der Waals surface area contributed by atoms with Crippen molar-refractivity contribution in [3.05, 3.63) is 89.5 Å². The van der Waals surface area contributed by atoms with Crippen LogP contribution in [0, 0.1) is 13.8 Å². The third-order valence-corrected chi connectivity index (χ3v) is 7.23. The summed E-state index contributed by atoms with van der Waals surface area (Å²) in [5, 5.41) is 11.4. The van der Waals surface area contributed by atoms with E-state index in [1.807, 2.05) is 91.5 Å². The highest BCUT2D eigenvalue weighted by Crippen LogP contribution is 2.24. The summed E-state index contributed by atoms with van der Waals surface area (Å²) in [6.45, 7) is 6.89. The van der Waals surface area contributed by atoms with Gasteiger partial charge in [-0.15, -0.1) is 10.2 Å². The van der Waals surface area contributed by atoms with E-state index in [2.05, 4.69) is 20.4 Å². The van der Waals surface area contributed by atoms with Crippen molar-refractivity contribution in [1.29, 1.82) is 0 Å². The third kappa shape index (κ3) is 6.23. The molecule has 1 N–H and O–H groups in total. The second-order valence-corrected chi connectivity index (χ2v) is 10.2. The van der Waals surface area contributed by atoms with Gasteiger partial charge in [0.05, 0.1) is 5.75 Å². The van der Waals surface area contributed by atoms with Crippen LogP contribution in [0.1, 0.15) is 21.5 Å². The molecule has 2 heterocycles. The van der Waals surface area contributed by atoms with Gasteiger partial charge in [0.25, 0.3) is 11.1 Å². The van der Waals surface area contributed by atoms with E-state index in [0.717, 1.165) is 46.7 Å². The molecule has 0 saturated carbocycles. The zero-order chi connectivity index (χ0) is 26.5. The maximum absolute atomic E-state index is 12.8. The molecule has 0 atom stereocenters. The molecule has 0 unspecified atom stereocenters. The maximum Gasteiger partial charge on any atom is 0.277 e. The number of nitrogens with one attached hydrogen (secondary N) is 1. The number of anilines is 2. The van der Waals surface area contributed by atoms with Crippen molar-refractivity contribution >= 4 is 35.0 Å². The number of benzene rings is 3. The molecule has 2 amide bonds. The molecular weight excluding hydrogens is 498 g/mol. The van der Waals surface area contributed by atoms with Crippen LogP contribution < -0.4 is 10.2 Å². The lowest BCUT2D eigenvalue weighted by Gasteiger charge is -2.36. The number of hydrogen-bond donors (Lipinski definition) is 1. The van der Waals surface area contributed by atoms with Crippen LogP contribution in [-0.2, 0) is 4.79 Å². The van der Waals surface area contributed by atoms with E-state index in [1.165, 1.54) is 11.8 Å². The first-order valence-electron chi connectivity index (χ1n) is 12.5. The van der Waals surface area contributed by atoms with Crippen molar-refractivity contribution in [2.24, 2.45) is 0 Å². The van der Waals surface area contributed by atoms with Crippen molar-refractivity contribution in [3.63, 3.8) is 0 Å². The Morgan fingerprint density at radius 2 is 1.47 bits per heavy atom. The quantitative estimate of drug-likeness (QED) is 0.337. The number of thioether (sulfide) groups is 1. The van der Waals surface area contributed by atoms with E-state index in [9.17, 15) is 9.59 Å². The topological polar surface area (TPSA) is 91.6 Å². The molecule has 0 spiro atoms. The molecule has 5 rings (SSSR count). The molecule has 1 aliphatic rings. The fourth-order valence-electron chi connectivity index (χ4n) is 4.21. The fourth-order valence-corrected chi connectivity index (χ4v) is 4.77. The Bertz CT molecular complexity index is 1390. The molecule has 1 aromatic heterocycles. The Hall–Kier alpha value is -4.11. The first-order valence-corrected chi connectivity index (χ1v) is 13.5. The number of nitrogens with zero attached hydrogens (tertiary/aromatic N) is 4. The zero-order valence-corrected chi connectivity index (χ0v) is 22.2. The summed E-state index contributed by atoms with van der Waals surface area (Å²) in [6, 6.07) is 23.3. The van der Waals surface area contributed by atoms with Crippen LogP contribution in [0.5, 0.6) is 0 Å². The average Bonchev–Trinajstić information content (AvgIpc) is 3.42. The smallest absolute Gasteiger partial charge is 0.277 e. The molecular formula is C29H29N5O3S. The van der Waals surface area contributed by atoms with Gasteiger partial charge in [0.15, 0.2) is 0 Å². The van der Waals surface area contributed by atoms with Crippen molar-refractivity contribution in [2.75, 3.05) is 42.1 Å². The Kier molecular flexibility index (Phi) is 7.74. The van der Waals surface area contributed by atoms with Crippen LogP contribution in [0.3, 0.4) is 0 Å². The Morgan fingerprint density at radius 3 is 2.13 bits per heavy atom. The van der Waals surface area contributed by atoms with Crippen LogP contribution in [0.2, 0.25) is 0 Å². The molecule has 0 radical (unpaired) electrons. The summed E-state index contributed by atoms with van der Waals surface area (Å²) >= 11 is 1.20. The van der Waals surface area contributed by atoms with Gasteiger partial charge in [0, 0.05) is 48.7 Å². The van der Waals surface area contributed by atoms with Gasteiger partial charge in [-0.2, -0.15) is 0 Å². The standard InChI is InChI=1S/C29H29N5O3S/c1-20-3-7-22(8-4-20)27-31-32-29(37-27)38-19-26(35)30-24-11-13-25(14-12-24)33-15-17-34(18-16-33)28(36)23-9-5-21(2)6-10-23/h3-14H,15-19H2,1-2H3,(H,30,35). The highest BCUT2D eigenvalue weighted by Gasteiger charge is 2.22. The van der Waals surface area contributed by atoms with Gasteiger partial charge in [-0.05, 0) is 62.4 Å². The lowest BCUT2D eigenvalue weighted by molar-refractivity contribution is -0.113. The summed E-state index contributed by atoms with van der Waals surface area (Å²) < 4.78 is 5.68. The molecule has 4 aromatic rings. The van der Waals surface area contributed by atoms with Gasteiger partial charge in [0.1, 0.15) is 0 Å². The number of aromatic nitrogens is 2. The molecule has 8 nitrogen and oxygen atoms in total. The van der Waals surface area contributed by atoms with E-state index in [4.69, 9.17) is 4.42 Å². The van der Waals surface area contributed by atoms with Gasteiger partial charge >= 0.3 is 0 Å². The van der Waals surface area contributed by atoms with Gasteiger partial charge in [-0.1, -0.05) is 47.2 Å². The monoisotopic (exact) mass is 527 g/mol. The first-order chi connectivity index (χ1) is 18.4. The minimum Gasteiger partial charge on any atom is -0.411 e. The lowest BCUT2D eigenvalue weighted by Crippen LogP contribution is -2.48. The molecule has 9 heteroatoms. The predicted octanol–water partition coefficient (Wildman–Crippen LogP) is 5.05. The van der Waals surface area contributed by atoms with E-state index in [-0.39, 0.29) is 17.6 Å². The summed E-state index contributed by atoms with van der Waals surface area (Å²) in [5.41, 5.74) is 5.66. The van der Waals surface area contributed by atoms with E-state index >= 15 is 0 Å². The van der Waals surface area contributed by atoms with Crippen LogP contribution in [-0.4, -0.2) is 58.8 Å². The molecule has 0 aliphatic carbocycles. The summed E-state index contributed by atoms with van der Waals surface area (Å²) in [4.78, 5) is 29.4. The predicted molar refractivity (Wildman–Crippen MR) is 150 cm³/mol. The minimum atomic E-state index is -0.152. The largest absolute Gasteiger partial charge is 0.411 e. The number of carbonyl (C=O) groups excluding carboxylic acids is 2. The Labute approximate surface area is 226 Å². The van der Waals surface area contributed by atoms with Gasteiger partial charge in [-0.3, -0.25) is 9.59 Å². The average molecular weight is 528 g/mol. The van der Waals surface area contributed by atoms with Crippen molar-refractivity contribution < 1.29 is 14.0 Å². The van der Waals surface area contributed by atoms with Crippen LogP contribution in [0.25, 0.3) is 11.5 Å². The van der Waals surface area contributed by atoms with Crippen LogP contribution >= 0.6 is 11.8 Å². The molecule has 194 valence electrons. The number of carbonyl (C=O) groups is 2. The van der Waals surface area contributed by atoms with E-state index in [1.54, 1.807) is 0 Å². The Balaban J connectivity index is 1.08. The molecule has 1 saturated heterocycles. The SMILES string of the molecule is Cc1ccc(C(=O)N2CCN(c3ccc(NC(=O)CSc4nnc(-c5ccc(C)cc5)o4)cc3)CC2)cc1. The van der Waals surface area contributed by atoms with Crippen LogP contribution in [0.4, 0.5) is 11.4 Å². The number of piperazine rings is 1. The fraction of sp³-hybridized carbons (Fsp3) is 0.241. The second-order valence-electron chi connectivity index (χ2n) is 9.27. The van der Waals surface area contributed by atoms with Gasteiger partial charge in [-0.25, -0.2) is 0 Å². The van der Waals surface area contributed by atoms with Crippen molar-refractivity contribution in [1.82, 2.24) is 15.1 Å². The van der Waals surface area contributed by atoms with E-state index in [0.29, 0.717) is 24.2 Å². The first kappa shape index (κ1) is 25.5. The summed E-state index contributed by atoms with van der Waals surface area (Å²) in [5.74, 6) is 0.520. The second kappa shape index (κ2) is 11.5. The minimum absolute atomic E-state index is 0.0764. The molecule has 1 fully saturated rings. The molecule has 0 bridgehead atoms. The molecule has 38 heavy (non-hydrogen) atoms. The number of hydrogen-bond acceptors (Lipinski definition) is 7. The van der Waals surface area contributed by atoms with Crippen molar-refractivity contribution in [3.8, 4) is 11.5 Å². The number of rotatable bonds is 7. The molecule has 1 aliphatic heterocycles. The zero-order valence-electron chi connectivity index (χ0n) is 21.4. The van der Waals surface area contributed by atoms with Gasteiger partial charge < -0.3 is 19.5 Å². The number of aryl methyl sites for hydroxylation is 2. The normalized spacial score (nSPS) is 13.4. The maximum atomic E-state index is 12.8. The highest BCUT2D eigenvalue weighted by atomic mass is 32.2. The summed E-state index contributed by atoms with van der Waals surface area (Å²) in [6.07, 6.45) is 0.